The van der Waals surface area contributed by atoms with Crippen LogP contribution in [0.3, 0.4) is 0 Å². The topological polar surface area (TPSA) is 68.2 Å². The van der Waals surface area contributed by atoms with Crippen LogP contribution in [0, 0.1) is 0 Å². The quantitative estimate of drug-likeness (QED) is 0.505. The highest BCUT2D eigenvalue weighted by molar-refractivity contribution is 7.81. The second kappa shape index (κ2) is 8.68. The van der Waals surface area contributed by atoms with E-state index in [1.54, 1.807) is 17.8 Å². The predicted octanol–water partition coefficient (Wildman–Crippen LogP) is 4.76. The zero-order valence-corrected chi connectivity index (χ0v) is 18.4. The molecule has 170 valence electrons. The monoisotopic (exact) mass is 464 g/mol. The summed E-state index contributed by atoms with van der Waals surface area (Å²) in [6.45, 7) is 2.44. The lowest BCUT2D eigenvalue weighted by molar-refractivity contribution is -0.137. The molecule has 1 aliphatic carbocycles. The van der Waals surface area contributed by atoms with Crippen LogP contribution in [-0.4, -0.2) is 21.0 Å². The van der Waals surface area contributed by atoms with Gasteiger partial charge < -0.3 is 4.74 Å². The normalized spacial score (nSPS) is 16.0. The van der Waals surface area contributed by atoms with Crippen LogP contribution in [0.2, 0.25) is 0 Å². The highest BCUT2D eigenvalue weighted by Gasteiger charge is 2.45. The van der Waals surface area contributed by atoms with Gasteiger partial charge in [-0.3, -0.25) is 0 Å². The molecule has 0 radical (unpaired) electrons. The van der Waals surface area contributed by atoms with Gasteiger partial charge in [0.2, 0.25) is 5.88 Å². The van der Waals surface area contributed by atoms with Gasteiger partial charge >= 0.3 is 6.18 Å². The van der Waals surface area contributed by atoms with Crippen molar-refractivity contribution in [1.29, 1.82) is 0 Å². The fraction of sp³-hybridized carbons (Fsp3) is 0.318. The van der Waals surface area contributed by atoms with Gasteiger partial charge in [0.15, 0.2) is 11.2 Å². The van der Waals surface area contributed by atoms with Gasteiger partial charge in [-0.05, 0) is 62.7 Å². The Morgan fingerprint density at radius 1 is 1.16 bits per heavy atom. The Morgan fingerprint density at radius 3 is 2.47 bits per heavy atom. The first-order chi connectivity index (χ1) is 15.2. The summed E-state index contributed by atoms with van der Waals surface area (Å²) in [6, 6.07) is 14.2. The van der Waals surface area contributed by atoms with Crippen molar-refractivity contribution in [1.82, 2.24) is 19.2 Å². The van der Waals surface area contributed by atoms with E-state index in [1.807, 2.05) is 31.2 Å². The van der Waals surface area contributed by atoms with E-state index in [2.05, 4.69) is 14.5 Å². The number of rotatable bonds is 8. The van der Waals surface area contributed by atoms with E-state index in [1.165, 1.54) is 12.1 Å². The molecule has 6 nitrogen and oxygen atoms in total. The molecular formula is C22H23F3N4O2S. The molecule has 1 heterocycles. The number of alkyl halides is 3. The smallest absolute Gasteiger partial charge is 0.416 e. The summed E-state index contributed by atoms with van der Waals surface area (Å²) >= 11 is -1.33. The second-order valence-corrected chi connectivity index (χ2v) is 8.70. The number of ether oxygens (including phenoxy) is 1. The van der Waals surface area contributed by atoms with Crippen LogP contribution >= 0.6 is 0 Å². The number of aryl methyl sites for hydroxylation is 1. The summed E-state index contributed by atoms with van der Waals surface area (Å²) in [6.07, 6.45) is -2.62. The average Bonchev–Trinajstić information content (AvgIpc) is 3.45. The van der Waals surface area contributed by atoms with Crippen LogP contribution in [0.5, 0.6) is 11.6 Å². The van der Waals surface area contributed by atoms with Crippen LogP contribution < -0.4 is 14.2 Å². The van der Waals surface area contributed by atoms with Crippen molar-refractivity contribution in [3.63, 3.8) is 0 Å². The summed E-state index contributed by atoms with van der Waals surface area (Å²) in [5.41, 5.74) is 1.52. The molecular weight excluding hydrogens is 441 g/mol. The van der Waals surface area contributed by atoms with E-state index in [4.69, 9.17) is 4.74 Å². The first-order valence-electron chi connectivity index (χ1n) is 10.1. The van der Waals surface area contributed by atoms with Crippen LogP contribution in [0.25, 0.3) is 11.3 Å². The van der Waals surface area contributed by atoms with E-state index < -0.39 is 22.9 Å². The van der Waals surface area contributed by atoms with Gasteiger partial charge in [-0.2, -0.15) is 18.3 Å². The lowest BCUT2D eigenvalue weighted by atomic mass is 10.0. The van der Waals surface area contributed by atoms with Crippen LogP contribution in [0.1, 0.15) is 30.9 Å². The number of aromatic nitrogens is 2. The van der Waals surface area contributed by atoms with E-state index in [9.17, 15) is 17.4 Å². The van der Waals surface area contributed by atoms with Crippen molar-refractivity contribution in [2.75, 3.05) is 7.05 Å². The first kappa shape index (κ1) is 22.5. The van der Waals surface area contributed by atoms with Gasteiger partial charge in [0.05, 0.1) is 16.8 Å². The first-order valence-corrected chi connectivity index (χ1v) is 11.3. The molecule has 4 rings (SSSR count). The summed E-state index contributed by atoms with van der Waals surface area (Å²) < 4.78 is 63.6. The molecule has 1 saturated carbocycles. The SMILES string of the molecule is CCn1nc(-c2cccc(C3(NS(=O)NC)CC3)c2)cc1Oc1ccc(C(F)(F)F)cc1. The Hall–Kier alpha value is -2.69. The molecule has 0 spiro atoms. The van der Waals surface area contributed by atoms with Crippen molar-refractivity contribution >= 4 is 11.2 Å². The summed E-state index contributed by atoms with van der Waals surface area (Å²) in [5, 5.41) is 4.59. The molecule has 10 heteroatoms. The molecule has 1 fully saturated rings. The minimum atomic E-state index is -4.39. The summed E-state index contributed by atoms with van der Waals surface area (Å²) in [5.74, 6) is 0.729. The largest absolute Gasteiger partial charge is 0.439 e. The van der Waals surface area contributed by atoms with Crippen molar-refractivity contribution in [2.24, 2.45) is 0 Å². The summed E-state index contributed by atoms with van der Waals surface area (Å²) in [4.78, 5) is 0. The van der Waals surface area contributed by atoms with E-state index in [-0.39, 0.29) is 5.54 Å². The van der Waals surface area contributed by atoms with Crippen molar-refractivity contribution < 1.29 is 22.1 Å². The molecule has 1 unspecified atom stereocenters. The highest BCUT2D eigenvalue weighted by Crippen LogP contribution is 2.46. The number of hydrogen-bond donors (Lipinski definition) is 2. The second-order valence-electron chi connectivity index (χ2n) is 7.55. The molecule has 0 amide bonds. The van der Waals surface area contributed by atoms with Gasteiger partial charge in [-0.15, -0.1) is 0 Å². The number of nitrogens with one attached hydrogen (secondary N) is 2. The van der Waals surface area contributed by atoms with E-state index in [0.29, 0.717) is 23.9 Å². The molecule has 2 aromatic carbocycles. The van der Waals surface area contributed by atoms with Gasteiger partial charge in [0, 0.05) is 18.2 Å². The maximum absolute atomic E-state index is 12.8. The third-order valence-electron chi connectivity index (χ3n) is 5.38. The maximum Gasteiger partial charge on any atom is 0.416 e. The lowest BCUT2D eigenvalue weighted by Gasteiger charge is -2.17. The Labute approximate surface area is 186 Å². The molecule has 1 atom stereocenters. The average molecular weight is 465 g/mol. The van der Waals surface area contributed by atoms with Gasteiger partial charge in [-0.25, -0.2) is 18.3 Å². The molecule has 1 aromatic heterocycles. The standard InChI is InChI=1S/C22H23F3N4O2S/c1-3-29-20(31-18-9-7-16(8-10-18)22(23,24)25)14-19(27-29)15-5-4-6-17(13-15)21(11-12-21)28-32(30)26-2/h4-10,13-14,26,28H,3,11-12H2,1-2H3. The fourth-order valence-electron chi connectivity index (χ4n) is 3.46. The Morgan fingerprint density at radius 2 is 1.88 bits per heavy atom. The van der Waals surface area contributed by atoms with Crippen LogP contribution in [-0.2, 0) is 29.4 Å². The Kier molecular flexibility index (Phi) is 6.11. The van der Waals surface area contributed by atoms with Crippen molar-refractivity contribution in [3.8, 4) is 22.9 Å². The Bertz CT molecular complexity index is 1120. The summed E-state index contributed by atoms with van der Waals surface area (Å²) in [7, 11) is 1.63. The molecule has 0 bridgehead atoms. The Balaban J connectivity index is 1.58. The third kappa shape index (κ3) is 4.72. The van der Waals surface area contributed by atoms with Gasteiger partial charge in [0.1, 0.15) is 5.75 Å². The maximum atomic E-state index is 12.8. The molecule has 1 aliphatic rings. The van der Waals surface area contributed by atoms with E-state index >= 15 is 0 Å². The zero-order chi connectivity index (χ0) is 22.9. The minimum Gasteiger partial charge on any atom is -0.439 e. The zero-order valence-electron chi connectivity index (χ0n) is 17.6. The van der Waals surface area contributed by atoms with Crippen LogP contribution in [0.15, 0.2) is 54.6 Å². The van der Waals surface area contributed by atoms with Gasteiger partial charge in [0.25, 0.3) is 0 Å². The van der Waals surface area contributed by atoms with Crippen molar-refractivity contribution in [3.05, 3.63) is 65.7 Å². The molecule has 0 aliphatic heterocycles. The number of nitrogens with zero attached hydrogens (tertiary/aromatic N) is 2. The fourth-order valence-corrected chi connectivity index (χ4v) is 4.24. The molecule has 3 aromatic rings. The van der Waals surface area contributed by atoms with Crippen molar-refractivity contribution in [2.45, 2.75) is 38.0 Å². The van der Waals surface area contributed by atoms with Gasteiger partial charge in [-0.1, -0.05) is 18.2 Å². The van der Waals surface area contributed by atoms with E-state index in [0.717, 1.165) is 36.1 Å². The van der Waals surface area contributed by atoms with Crippen LogP contribution in [0.4, 0.5) is 13.2 Å². The number of hydrogen-bond acceptors (Lipinski definition) is 3. The predicted molar refractivity (Wildman–Crippen MR) is 116 cm³/mol. The lowest BCUT2D eigenvalue weighted by Crippen LogP contribution is -2.36. The molecule has 2 N–H and O–H groups in total. The molecule has 32 heavy (non-hydrogen) atoms. The number of benzene rings is 2. The number of halogens is 3. The highest BCUT2D eigenvalue weighted by atomic mass is 32.2. The third-order valence-corrected chi connectivity index (χ3v) is 6.33. The minimum absolute atomic E-state index is 0.295. The molecule has 0 saturated heterocycles.